The molecule has 0 fully saturated rings. The number of hydrogen-bond acceptors (Lipinski definition) is 9. The van der Waals surface area contributed by atoms with E-state index in [0.717, 1.165) is 6.92 Å². The smallest absolute Gasteiger partial charge is 0.337 e. The molecule has 0 radical (unpaired) electrons. The summed E-state index contributed by atoms with van der Waals surface area (Å²) >= 11 is 0. The number of ether oxygens (including phenoxy) is 1. The highest BCUT2D eigenvalue weighted by atomic mass is 16.7. The Bertz CT molecular complexity index is 256. The van der Waals surface area contributed by atoms with E-state index in [1.807, 2.05) is 0 Å². The van der Waals surface area contributed by atoms with Crippen LogP contribution in [0, 0.1) is 0 Å². The van der Waals surface area contributed by atoms with Crippen molar-refractivity contribution in [2.24, 2.45) is 0 Å². The van der Waals surface area contributed by atoms with E-state index in [1.54, 1.807) is 0 Å². The van der Waals surface area contributed by atoms with Crippen molar-refractivity contribution in [2.75, 3.05) is 6.61 Å². The van der Waals surface area contributed by atoms with Crippen LogP contribution in [-0.4, -0.2) is 85.1 Å². The summed E-state index contributed by atoms with van der Waals surface area (Å²) in [5, 5.41) is 63.3. The average Bonchev–Trinajstić information content (AvgIpc) is 2.34. The lowest BCUT2D eigenvalue weighted by atomic mass is 10.0. The van der Waals surface area contributed by atoms with Gasteiger partial charge in [0.15, 0.2) is 0 Å². The lowest BCUT2D eigenvalue weighted by molar-refractivity contribution is -0.218. The van der Waals surface area contributed by atoms with Crippen molar-refractivity contribution in [3.05, 3.63) is 0 Å². The van der Waals surface area contributed by atoms with Gasteiger partial charge in [0, 0.05) is 0 Å². The number of esters is 1. The van der Waals surface area contributed by atoms with Gasteiger partial charge < -0.3 is 40.5 Å². The maximum Gasteiger partial charge on any atom is 0.337 e. The molecule has 7 N–H and O–H groups in total. The van der Waals surface area contributed by atoms with Crippen molar-refractivity contribution in [3.63, 3.8) is 0 Å². The summed E-state index contributed by atoms with van der Waals surface area (Å²) in [6.45, 7) is 0.177. The van der Waals surface area contributed by atoms with Gasteiger partial charge in [-0.2, -0.15) is 0 Å². The first-order valence-corrected chi connectivity index (χ1v) is 5.12. The minimum atomic E-state index is -2.21. The third-order valence-corrected chi connectivity index (χ3v) is 2.15. The first-order valence-electron chi connectivity index (χ1n) is 5.12. The van der Waals surface area contributed by atoms with Crippen LogP contribution in [0.5, 0.6) is 0 Å². The van der Waals surface area contributed by atoms with Crippen LogP contribution in [0.25, 0.3) is 0 Å². The van der Waals surface area contributed by atoms with Gasteiger partial charge in [0.1, 0.15) is 30.5 Å². The third-order valence-electron chi connectivity index (χ3n) is 2.15. The average molecular weight is 270 g/mol. The van der Waals surface area contributed by atoms with E-state index in [0.29, 0.717) is 0 Å². The Labute approximate surface area is 102 Å². The second-order valence-corrected chi connectivity index (χ2v) is 3.73. The Kier molecular flexibility index (Phi) is 7.25. The number of carbonyl (C=O) groups is 1. The van der Waals surface area contributed by atoms with Crippen molar-refractivity contribution in [1.82, 2.24) is 0 Å². The predicted octanol–water partition coefficient (Wildman–Crippen LogP) is -4.34. The van der Waals surface area contributed by atoms with Crippen LogP contribution in [0.1, 0.15) is 6.92 Å². The largest absolute Gasteiger partial charge is 0.431 e. The van der Waals surface area contributed by atoms with Gasteiger partial charge in [0.2, 0.25) is 6.29 Å². The van der Waals surface area contributed by atoms with Crippen LogP contribution in [-0.2, 0) is 9.53 Å². The molecule has 6 unspecified atom stereocenters. The molecular weight excluding hydrogens is 252 g/mol. The fourth-order valence-corrected chi connectivity index (χ4v) is 0.993. The highest BCUT2D eigenvalue weighted by molar-refractivity contribution is 5.73. The van der Waals surface area contributed by atoms with Gasteiger partial charge in [-0.15, -0.1) is 0 Å². The monoisotopic (exact) mass is 270 g/mol. The molecule has 0 aromatic carbocycles. The van der Waals surface area contributed by atoms with Crippen LogP contribution in [0.3, 0.4) is 0 Å². The van der Waals surface area contributed by atoms with Crippen LogP contribution in [0.15, 0.2) is 0 Å². The fraction of sp³-hybridized carbons (Fsp3) is 0.889. The third kappa shape index (κ3) is 4.82. The van der Waals surface area contributed by atoms with E-state index >= 15 is 0 Å². The summed E-state index contributed by atoms with van der Waals surface area (Å²) in [6.07, 6.45) is -11.6. The molecule has 0 aliphatic carbocycles. The van der Waals surface area contributed by atoms with E-state index in [9.17, 15) is 25.2 Å². The molecule has 9 nitrogen and oxygen atoms in total. The summed E-state index contributed by atoms with van der Waals surface area (Å²) in [5.74, 6) is -1.24. The number of carbonyl (C=O) groups excluding carboxylic acids is 1. The predicted molar refractivity (Wildman–Crippen MR) is 54.9 cm³/mol. The summed E-state index contributed by atoms with van der Waals surface area (Å²) in [5.41, 5.74) is 0. The van der Waals surface area contributed by atoms with Crippen LogP contribution < -0.4 is 0 Å². The maximum absolute atomic E-state index is 10.9. The van der Waals surface area contributed by atoms with Gasteiger partial charge in [-0.25, -0.2) is 4.79 Å². The van der Waals surface area contributed by atoms with Crippen LogP contribution in [0.4, 0.5) is 0 Å². The van der Waals surface area contributed by atoms with Crippen LogP contribution in [0.2, 0.25) is 0 Å². The maximum atomic E-state index is 10.9. The summed E-state index contributed by atoms with van der Waals surface area (Å²) in [6, 6.07) is 0. The Morgan fingerprint density at radius 1 is 1.00 bits per heavy atom. The normalized spacial score (nSPS) is 21.6. The van der Waals surface area contributed by atoms with E-state index in [4.69, 9.17) is 15.3 Å². The highest BCUT2D eigenvalue weighted by Gasteiger charge is 2.36. The molecule has 0 spiro atoms. The first-order chi connectivity index (χ1) is 8.22. The Balaban J connectivity index is 4.44. The molecule has 0 aromatic heterocycles. The molecule has 0 saturated carbocycles. The topological polar surface area (TPSA) is 168 Å². The number of rotatable bonds is 7. The molecule has 0 heterocycles. The SMILES string of the molecule is CC(O)C(=O)OC(O)C(O)C(O)C(O)C(O)CO. The van der Waals surface area contributed by atoms with E-state index in [2.05, 4.69) is 4.74 Å². The summed E-state index contributed by atoms with van der Waals surface area (Å²) in [7, 11) is 0. The lowest BCUT2D eigenvalue weighted by Crippen LogP contribution is -2.51. The molecule has 0 aliphatic heterocycles. The summed E-state index contributed by atoms with van der Waals surface area (Å²) in [4.78, 5) is 10.9. The standard InChI is InChI=1S/C9H18O9/c1-3(11)8(16)18-9(17)7(15)6(14)5(13)4(12)2-10/h3-7,9-15,17H,2H2,1H3. The van der Waals surface area contributed by atoms with Crippen LogP contribution >= 0.6 is 0 Å². The Morgan fingerprint density at radius 2 is 1.50 bits per heavy atom. The first kappa shape index (κ1) is 17.2. The minimum absolute atomic E-state index is 0.880. The molecule has 9 heteroatoms. The summed E-state index contributed by atoms with van der Waals surface area (Å²) < 4.78 is 4.16. The van der Waals surface area contributed by atoms with Gasteiger partial charge in [0.05, 0.1) is 6.61 Å². The van der Waals surface area contributed by atoms with Crippen molar-refractivity contribution in [3.8, 4) is 0 Å². The second kappa shape index (κ2) is 7.59. The molecule has 6 atom stereocenters. The number of aliphatic hydroxyl groups excluding tert-OH is 7. The van der Waals surface area contributed by atoms with Gasteiger partial charge in [-0.3, -0.25) is 0 Å². The van der Waals surface area contributed by atoms with Gasteiger partial charge >= 0.3 is 5.97 Å². The molecule has 0 rings (SSSR count). The highest BCUT2D eigenvalue weighted by Crippen LogP contribution is 2.10. The van der Waals surface area contributed by atoms with Crippen molar-refractivity contribution in [2.45, 2.75) is 43.7 Å². The van der Waals surface area contributed by atoms with Crippen molar-refractivity contribution >= 4 is 5.97 Å². The molecule has 108 valence electrons. The van der Waals surface area contributed by atoms with Gasteiger partial charge in [-0.05, 0) is 6.92 Å². The van der Waals surface area contributed by atoms with E-state index < -0.39 is 49.4 Å². The molecular formula is C9H18O9. The lowest BCUT2D eigenvalue weighted by Gasteiger charge is -2.28. The molecule has 0 amide bonds. The molecule has 0 saturated heterocycles. The zero-order valence-electron chi connectivity index (χ0n) is 9.62. The van der Waals surface area contributed by atoms with Crippen molar-refractivity contribution in [1.29, 1.82) is 0 Å². The molecule has 0 bridgehead atoms. The molecule has 0 aliphatic rings. The Hall–Kier alpha value is -0.810. The fourth-order valence-electron chi connectivity index (χ4n) is 0.993. The van der Waals surface area contributed by atoms with Gasteiger partial charge in [0.25, 0.3) is 0 Å². The zero-order chi connectivity index (χ0) is 14.5. The van der Waals surface area contributed by atoms with E-state index in [1.165, 1.54) is 0 Å². The second-order valence-electron chi connectivity index (χ2n) is 3.73. The zero-order valence-corrected chi connectivity index (χ0v) is 9.62. The molecule has 18 heavy (non-hydrogen) atoms. The number of hydrogen-bond donors (Lipinski definition) is 7. The number of aliphatic hydroxyl groups is 7. The quantitative estimate of drug-likeness (QED) is 0.178. The Morgan fingerprint density at radius 3 is 1.89 bits per heavy atom. The minimum Gasteiger partial charge on any atom is -0.431 e. The van der Waals surface area contributed by atoms with E-state index in [-0.39, 0.29) is 0 Å². The van der Waals surface area contributed by atoms with Gasteiger partial charge in [-0.1, -0.05) is 0 Å². The van der Waals surface area contributed by atoms with Crippen molar-refractivity contribution < 1.29 is 45.3 Å². The molecule has 0 aromatic rings.